The summed E-state index contributed by atoms with van der Waals surface area (Å²) in [5, 5.41) is 0. The summed E-state index contributed by atoms with van der Waals surface area (Å²) in [5.74, 6) is 0.842. The zero-order valence-corrected chi connectivity index (χ0v) is 12.2. The van der Waals surface area contributed by atoms with Crippen molar-refractivity contribution in [2.75, 3.05) is 7.11 Å². The maximum Gasteiger partial charge on any atom is 0.189 e. The molecule has 0 saturated heterocycles. The van der Waals surface area contributed by atoms with E-state index in [4.69, 9.17) is 4.74 Å². The lowest BCUT2D eigenvalue weighted by molar-refractivity contribution is 0.102. The summed E-state index contributed by atoms with van der Waals surface area (Å²) in [6.07, 6.45) is 5.18. The Balaban J connectivity index is 2.06. The molecule has 1 aromatic carbocycles. The van der Waals surface area contributed by atoms with Gasteiger partial charge in [-0.15, -0.1) is 0 Å². The Bertz CT molecular complexity index is 717. The number of fused-ring (bicyclic) bond motifs is 1. The van der Waals surface area contributed by atoms with Gasteiger partial charge in [-0.25, -0.2) is 0 Å². The summed E-state index contributed by atoms with van der Waals surface area (Å²) in [6, 6.07) is 9.63. The molecule has 0 unspecified atom stereocenters. The van der Waals surface area contributed by atoms with Crippen LogP contribution in [-0.2, 0) is 6.42 Å². The van der Waals surface area contributed by atoms with E-state index in [1.165, 1.54) is 0 Å². The van der Waals surface area contributed by atoms with Gasteiger partial charge in [-0.05, 0) is 60.7 Å². The minimum absolute atomic E-state index is 0.115. The first-order valence-electron chi connectivity index (χ1n) is 7.02. The molecule has 1 aliphatic carbocycles. The van der Waals surface area contributed by atoms with Gasteiger partial charge in [-0.3, -0.25) is 9.78 Å². The average Bonchev–Trinajstić information content (AvgIpc) is 2.55. The van der Waals surface area contributed by atoms with E-state index in [-0.39, 0.29) is 5.78 Å². The third-order valence-electron chi connectivity index (χ3n) is 4.05. The first kappa shape index (κ1) is 13.6. The van der Waals surface area contributed by atoms with Crippen molar-refractivity contribution in [2.45, 2.75) is 19.8 Å². The van der Waals surface area contributed by atoms with Crippen LogP contribution in [0.2, 0.25) is 0 Å². The Morgan fingerprint density at radius 3 is 2.62 bits per heavy atom. The first-order chi connectivity index (χ1) is 10.2. The van der Waals surface area contributed by atoms with Gasteiger partial charge in [0, 0.05) is 23.5 Å². The van der Waals surface area contributed by atoms with Gasteiger partial charge in [0.2, 0.25) is 0 Å². The van der Waals surface area contributed by atoms with Gasteiger partial charge < -0.3 is 4.74 Å². The SMILES string of the molecule is COc1ccc2c(c1)C(=O)/C(=C(\C)c1ccncc1)CC2. The normalized spacial score (nSPS) is 16.4. The van der Waals surface area contributed by atoms with Crippen LogP contribution in [0.3, 0.4) is 0 Å². The van der Waals surface area contributed by atoms with Crippen LogP contribution in [0.25, 0.3) is 5.57 Å². The van der Waals surface area contributed by atoms with Gasteiger partial charge in [0.15, 0.2) is 5.78 Å². The zero-order valence-electron chi connectivity index (χ0n) is 12.2. The summed E-state index contributed by atoms with van der Waals surface area (Å²) < 4.78 is 5.23. The number of ketones is 1. The lowest BCUT2D eigenvalue weighted by Gasteiger charge is -2.20. The Labute approximate surface area is 124 Å². The molecule has 0 bridgehead atoms. The minimum atomic E-state index is 0.115. The second kappa shape index (κ2) is 5.52. The van der Waals surface area contributed by atoms with Gasteiger partial charge >= 0.3 is 0 Å². The van der Waals surface area contributed by atoms with E-state index >= 15 is 0 Å². The molecule has 3 heteroatoms. The largest absolute Gasteiger partial charge is 0.497 e. The molecule has 0 saturated carbocycles. The molecule has 2 aromatic rings. The molecule has 1 aliphatic rings. The molecule has 0 atom stereocenters. The molecular formula is C18H17NO2. The number of Topliss-reactive ketones (excluding diaryl/α,β-unsaturated/α-hetero) is 1. The lowest BCUT2D eigenvalue weighted by Crippen LogP contribution is -2.15. The van der Waals surface area contributed by atoms with Gasteiger partial charge in [0.05, 0.1) is 7.11 Å². The predicted octanol–water partition coefficient (Wildman–Crippen LogP) is 3.69. The highest BCUT2D eigenvalue weighted by atomic mass is 16.5. The third kappa shape index (κ3) is 2.47. The highest BCUT2D eigenvalue weighted by Crippen LogP contribution is 2.32. The molecule has 0 radical (unpaired) electrons. The third-order valence-corrected chi connectivity index (χ3v) is 4.05. The van der Waals surface area contributed by atoms with E-state index in [9.17, 15) is 4.79 Å². The molecule has 21 heavy (non-hydrogen) atoms. The molecule has 0 spiro atoms. The predicted molar refractivity (Wildman–Crippen MR) is 82.5 cm³/mol. The van der Waals surface area contributed by atoms with Crippen LogP contribution in [0, 0.1) is 0 Å². The molecule has 1 aromatic heterocycles. The number of hydrogen-bond donors (Lipinski definition) is 0. The van der Waals surface area contributed by atoms with Gasteiger partial charge in [0.25, 0.3) is 0 Å². The van der Waals surface area contributed by atoms with Crippen LogP contribution in [-0.4, -0.2) is 17.9 Å². The highest BCUT2D eigenvalue weighted by molar-refractivity contribution is 6.14. The number of aromatic nitrogens is 1. The fourth-order valence-electron chi connectivity index (χ4n) is 2.78. The number of allylic oxidation sites excluding steroid dienone is 2. The van der Waals surface area contributed by atoms with Crippen molar-refractivity contribution in [2.24, 2.45) is 0 Å². The molecule has 0 amide bonds. The molecule has 0 fully saturated rings. The maximum absolute atomic E-state index is 12.8. The Kier molecular flexibility index (Phi) is 3.57. The van der Waals surface area contributed by atoms with E-state index in [1.54, 1.807) is 19.5 Å². The Morgan fingerprint density at radius 1 is 1.14 bits per heavy atom. The standard InChI is InChI=1S/C18H17NO2/c1-12(13-7-9-19-10-8-13)16-6-4-14-3-5-15(21-2)11-17(14)18(16)20/h3,5,7-11H,4,6H2,1-2H3/b16-12+. The summed E-state index contributed by atoms with van der Waals surface area (Å²) in [6.45, 7) is 2.01. The summed E-state index contributed by atoms with van der Waals surface area (Å²) in [5.41, 5.74) is 4.86. The number of pyridine rings is 1. The number of nitrogens with zero attached hydrogens (tertiary/aromatic N) is 1. The van der Waals surface area contributed by atoms with E-state index in [0.717, 1.165) is 46.4 Å². The maximum atomic E-state index is 12.8. The number of benzene rings is 1. The number of hydrogen-bond acceptors (Lipinski definition) is 3. The molecule has 0 aliphatic heterocycles. The number of methoxy groups -OCH3 is 1. The van der Waals surface area contributed by atoms with E-state index in [1.807, 2.05) is 37.3 Å². The quantitative estimate of drug-likeness (QED) is 0.787. The van der Waals surface area contributed by atoms with E-state index in [2.05, 4.69) is 4.98 Å². The summed E-state index contributed by atoms with van der Waals surface area (Å²) in [4.78, 5) is 16.8. The summed E-state index contributed by atoms with van der Waals surface area (Å²) >= 11 is 0. The van der Waals surface area contributed by atoms with Crippen molar-refractivity contribution in [1.82, 2.24) is 4.98 Å². The van der Waals surface area contributed by atoms with Crippen LogP contribution in [0.15, 0.2) is 48.3 Å². The van der Waals surface area contributed by atoms with Crippen molar-refractivity contribution < 1.29 is 9.53 Å². The second-order valence-corrected chi connectivity index (χ2v) is 5.19. The second-order valence-electron chi connectivity index (χ2n) is 5.19. The molecule has 1 heterocycles. The van der Waals surface area contributed by atoms with Crippen molar-refractivity contribution >= 4 is 11.4 Å². The van der Waals surface area contributed by atoms with Crippen LogP contribution in [0.1, 0.15) is 34.8 Å². The fraction of sp³-hybridized carbons (Fsp3) is 0.222. The smallest absolute Gasteiger partial charge is 0.189 e. The Hall–Kier alpha value is -2.42. The zero-order chi connectivity index (χ0) is 14.8. The summed E-state index contributed by atoms with van der Waals surface area (Å²) in [7, 11) is 1.62. The molecular weight excluding hydrogens is 262 g/mol. The highest BCUT2D eigenvalue weighted by Gasteiger charge is 2.24. The van der Waals surface area contributed by atoms with Gasteiger partial charge in [-0.1, -0.05) is 6.07 Å². The fourth-order valence-corrected chi connectivity index (χ4v) is 2.78. The Morgan fingerprint density at radius 2 is 1.90 bits per heavy atom. The molecule has 106 valence electrons. The van der Waals surface area contributed by atoms with E-state index in [0.29, 0.717) is 0 Å². The first-order valence-corrected chi connectivity index (χ1v) is 7.02. The minimum Gasteiger partial charge on any atom is -0.497 e. The van der Waals surface area contributed by atoms with Crippen molar-refractivity contribution in [3.05, 3.63) is 65.0 Å². The van der Waals surface area contributed by atoms with Gasteiger partial charge in [0.1, 0.15) is 5.75 Å². The average molecular weight is 279 g/mol. The monoisotopic (exact) mass is 279 g/mol. The lowest BCUT2D eigenvalue weighted by atomic mass is 9.83. The van der Waals surface area contributed by atoms with E-state index < -0.39 is 0 Å². The van der Waals surface area contributed by atoms with Crippen LogP contribution >= 0.6 is 0 Å². The number of rotatable bonds is 2. The van der Waals surface area contributed by atoms with Gasteiger partial charge in [-0.2, -0.15) is 0 Å². The van der Waals surface area contributed by atoms with Crippen molar-refractivity contribution in [3.8, 4) is 5.75 Å². The van der Waals surface area contributed by atoms with Crippen molar-refractivity contribution in [3.63, 3.8) is 0 Å². The van der Waals surface area contributed by atoms with Crippen LogP contribution < -0.4 is 4.74 Å². The molecule has 0 N–H and O–H groups in total. The van der Waals surface area contributed by atoms with Crippen molar-refractivity contribution in [1.29, 1.82) is 0 Å². The number of aryl methyl sites for hydroxylation is 1. The van der Waals surface area contributed by atoms with Crippen LogP contribution in [0.4, 0.5) is 0 Å². The number of ether oxygens (including phenoxy) is 1. The number of carbonyl (C=O) groups excluding carboxylic acids is 1. The molecule has 3 rings (SSSR count). The number of carbonyl (C=O) groups is 1. The topological polar surface area (TPSA) is 39.2 Å². The molecule has 3 nitrogen and oxygen atoms in total. The van der Waals surface area contributed by atoms with Crippen LogP contribution in [0.5, 0.6) is 5.75 Å².